The van der Waals surface area contributed by atoms with Crippen LogP contribution >= 0.6 is 34.8 Å². The molecule has 27 heavy (non-hydrogen) atoms. The monoisotopic (exact) mass is 465 g/mol. The van der Waals surface area contributed by atoms with Gasteiger partial charge >= 0.3 is 25.3 Å². The fourth-order valence-electron chi connectivity index (χ4n) is 3.64. The normalized spacial score (nSPS) is 23.0. The van der Waals surface area contributed by atoms with Crippen LogP contribution in [0.5, 0.6) is 5.75 Å². The summed E-state index contributed by atoms with van der Waals surface area (Å²) in [7, 11) is -4.56. The van der Waals surface area contributed by atoms with Gasteiger partial charge in [0, 0.05) is 18.5 Å². The molecular weight excluding hydrogens is 454 g/mol. The molecule has 1 amide bonds. The number of carbonyl (C=O) groups excluding carboxylic acids is 1. The molecule has 0 saturated carbocycles. The largest absolute Gasteiger partial charge is 0.471 e. The van der Waals surface area contributed by atoms with Gasteiger partial charge in [-0.1, -0.05) is 40.9 Å². The van der Waals surface area contributed by atoms with Crippen molar-refractivity contribution in [2.45, 2.75) is 40.5 Å². The molecule has 1 saturated heterocycles. The molecule has 2 atom stereocenters. The van der Waals surface area contributed by atoms with Crippen molar-refractivity contribution in [3.8, 4) is 5.75 Å². The zero-order valence-electron chi connectivity index (χ0n) is 13.5. The van der Waals surface area contributed by atoms with E-state index in [0.29, 0.717) is 18.4 Å². The maximum Gasteiger partial charge on any atom is 0.471 e. The predicted molar refractivity (Wildman–Crippen MR) is 93.5 cm³/mol. The highest BCUT2D eigenvalue weighted by Gasteiger charge is 2.49. The first-order valence-electron chi connectivity index (χ1n) is 7.82. The van der Waals surface area contributed by atoms with Crippen molar-refractivity contribution in [2.24, 2.45) is 0 Å². The number of fused-ring (bicyclic) bond motifs is 3. The van der Waals surface area contributed by atoms with Crippen LogP contribution in [-0.2, 0) is 21.3 Å². The summed E-state index contributed by atoms with van der Waals surface area (Å²) in [5.41, 5.74) is 1.36. The van der Waals surface area contributed by atoms with Crippen molar-refractivity contribution >= 4 is 50.8 Å². The van der Waals surface area contributed by atoms with Crippen molar-refractivity contribution in [1.29, 1.82) is 0 Å². The van der Waals surface area contributed by atoms with Gasteiger partial charge in [-0.05, 0) is 42.5 Å². The molecule has 0 spiro atoms. The van der Waals surface area contributed by atoms with Gasteiger partial charge in [0.2, 0.25) is 0 Å². The third kappa shape index (κ3) is 3.97. The topological polar surface area (TPSA) is 63.7 Å². The van der Waals surface area contributed by atoms with Gasteiger partial charge in [0.25, 0.3) is 0 Å². The van der Waals surface area contributed by atoms with Crippen LogP contribution in [0.15, 0.2) is 18.2 Å². The van der Waals surface area contributed by atoms with E-state index in [1.165, 1.54) is 12.1 Å². The van der Waals surface area contributed by atoms with E-state index in [2.05, 4.69) is 0 Å². The number of alkyl halides is 6. The van der Waals surface area contributed by atoms with Gasteiger partial charge in [0.1, 0.15) is 5.75 Å². The lowest BCUT2D eigenvalue weighted by atomic mass is 9.88. The highest BCUT2D eigenvalue weighted by molar-refractivity contribution is 7.93. The Kier molecular flexibility index (Phi) is 5.29. The summed E-state index contributed by atoms with van der Waals surface area (Å²) >= 11 is 16.1. The van der Waals surface area contributed by atoms with Crippen molar-refractivity contribution in [1.82, 2.24) is 4.90 Å². The number of piperidine rings is 1. The number of halogens is 6. The van der Waals surface area contributed by atoms with E-state index in [0.717, 1.165) is 10.5 Å². The molecule has 3 rings (SSSR count). The molecule has 0 radical (unpaired) electrons. The highest BCUT2D eigenvalue weighted by Crippen LogP contribution is 2.45. The van der Waals surface area contributed by atoms with E-state index in [4.69, 9.17) is 39.0 Å². The zero-order valence-corrected chi connectivity index (χ0v) is 16.6. The predicted octanol–water partition coefficient (Wildman–Crippen LogP) is 3.92. The number of benzene rings is 1. The number of carbonyl (C=O) groups is 1. The molecule has 2 unspecified atom stereocenters. The van der Waals surface area contributed by atoms with Crippen molar-refractivity contribution < 1.29 is 30.6 Å². The summed E-state index contributed by atoms with van der Waals surface area (Å²) in [6.45, 7) is 0.0263. The standard InChI is InChI=1S/C15H13Cl3F3NO4S/c16-15(17,18)27(24,25)26-9-4-3-8-6-12-10(11(8)7-9)2-1-5-22(12)13(23)14(19,20)21/h3-4,7,10,12H,1-2,5-6H2. The molecular formula is C15H13Cl3F3NO4S. The number of nitrogens with zero attached hydrogens (tertiary/aromatic N) is 1. The quantitative estimate of drug-likeness (QED) is 0.490. The van der Waals surface area contributed by atoms with Crippen LogP contribution in [0.3, 0.4) is 0 Å². The number of hydrogen-bond acceptors (Lipinski definition) is 4. The van der Waals surface area contributed by atoms with E-state index in [9.17, 15) is 26.4 Å². The minimum Gasteiger partial charge on any atom is -0.379 e. The molecule has 1 aromatic carbocycles. The van der Waals surface area contributed by atoms with Gasteiger partial charge in [0.05, 0.1) is 0 Å². The van der Waals surface area contributed by atoms with Crippen molar-refractivity contribution in [2.75, 3.05) is 6.54 Å². The average Bonchev–Trinajstić information content (AvgIpc) is 2.90. The maximum absolute atomic E-state index is 12.9. The van der Waals surface area contributed by atoms with E-state index in [1.807, 2.05) is 0 Å². The fraction of sp³-hybridized carbons (Fsp3) is 0.533. The second-order valence-electron chi connectivity index (χ2n) is 6.36. The molecule has 1 fully saturated rings. The Balaban J connectivity index is 1.88. The summed E-state index contributed by atoms with van der Waals surface area (Å²) in [5, 5.41) is 0. The molecule has 1 aliphatic heterocycles. The minimum atomic E-state index is -4.94. The lowest BCUT2D eigenvalue weighted by Crippen LogP contribution is -2.51. The number of rotatable bonds is 2. The number of hydrogen-bond donors (Lipinski definition) is 0. The lowest BCUT2D eigenvalue weighted by molar-refractivity contribution is -0.189. The van der Waals surface area contributed by atoms with Gasteiger partial charge in [-0.3, -0.25) is 4.79 Å². The van der Waals surface area contributed by atoms with Gasteiger partial charge in [0.15, 0.2) is 0 Å². The first kappa shape index (κ1) is 20.8. The maximum atomic E-state index is 12.9. The lowest BCUT2D eigenvalue weighted by Gasteiger charge is -2.38. The molecule has 1 heterocycles. The molecule has 2 aliphatic rings. The van der Waals surface area contributed by atoms with Crippen LogP contribution in [0.1, 0.15) is 29.9 Å². The zero-order chi connectivity index (χ0) is 20.2. The van der Waals surface area contributed by atoms with Gasteiger partial charge in [-0.15, -0.1) is 0 Å². The minimum absolute atomic E-state index is 0.0263. The summed E-state index contributed by atoms with van der Waals surface area (Å²) in [6.07, 6.45) is -3.72. The Morgan fingerprint density at radius 3 is 2.48 bits per heavy atom. The molecule has 0 bridgehead atoms. The van der Waals surface area contributed by atoms with Crippen LogP contribution in [0, 0.1) is 0 Å². The third-order valence-electron chi connectivity index (χ3n) is 4.72. The molecule has 1 aromatic rings. The SMILES string of the molecule is O=C(N1CCCC2c3cc(OS(=O)(=O)C(Cl)(Cl)Cl)ccc3CC21)C(F)(F)F. The second kappa shape index (κ2) is 6.86. The van der Waals surface area contributed by atoms with E-state index in [-0.39, 0.29) is 24.6 Å². The molecule has 1 aliphatic carbocycles. The Bertz CT molecular complexity index is 870. The van der Waals surface area contributed by atoms with Crippen LogP contribution in [0.4, 0.5) is 13.2 Å². The summed E-state index contributed by atoms with van der Waals surface area (Å²) < 4.78 is 64.4. The van der Waals surface area contributed by atoms with Crippen LogP contribution in [0.25, 0.3) is 0 Å². The van der Waals surface area contributed by atoms with Crippen molar-refractivity contribution in [3.05, 3.63) is 29.3 Å². The Morgan fingerprint density at radius 1 is 1.22 bits per heavy atom. The third-order valence-corrected chi connectivity index (χ3v) is 7.40. The Morgan fingerprint density at radius 2 is 1.89 bits per heavy atom. The Labute approximate surface area is 168 Å². The van der Waals surface area contributed by atoms with Gasteiger partial charge < -0.3 is 9.08 Å². The summed E-state index contributed by atoms with van der Waals surface area (Å²) in [5.74, 6) is -2.32. The average molecular weight is 467 g/mol. The van der Waals surface area contributed by atoms with Crippen LogP contribution in [-0.4, -0.2) is 41.1 Å². The second-order valence-corrected chi connectivity index (χ2v) is 11.0. The summed E-state index contributed by atoms with van der Waals surface area (Å²) in [4.78, 5) is 12.6. The highest BCUT2D eigenvalue weighted by atomic mass is 35.6. The molecule has 0 aromatic heterocycles. The van der Waals surface area contributed by atoms with Crippen molar-refractivity contribution in [3.63, 3.8) is 0 Å². The van der Waals surface area contributed by atoms with Crippen LogP contribution < -0.4 is 4.18 Å². The number of amides is 1. The first-order valence-corrected chi connectivity index (χ1v) is 10.4. The molecule has 5 nitrogen and oxygen atoms in total. The molecule has 12 heteroatoms. The smallest absolute Gasteiger partial charge is 0.379 e. The Hall–Kier alpha value is -0.900. The first-order chi connectivity index (χ1) is 12.3. The van der Waals surface area contributed by atoms with Gasteiger partial charge in [-0.2, -0.15) is 21.6 Å². The number of likely N-dealkylation sites (tertiary alicyclic amines) is 1. The molecule has 150 valence electrons. The van der Waals surface area contributed by atoms with E-state index in [1.54, 1.807) is 6.07 Å². The van der Waals surface area contributed by atoms with E-state index >= 15 is 0 Å². The fourth-order valence-corrected chi connectivity index (χ4v) is 4.38. The van der Waals surface area contributed by atoms with Crippen LogP contribution in [0.2, 0.25) is 0 Å². The molecule has 0 N–H and O–H groups in total. The van der Waals surface area contributed by atoms with Gasteiger partial charge in [-0.25, -0.2) is 0 Å². The van der Waals surface area contributed by atoms with E-state index < -0.39 is 31.4 Å². The summed E-state index contributed by atoms with van der Waals surface area (Å²) in [6, 6.07) is 3.66.